The Morgan fingerprint density at radius 2 is 2.06 bits per heavy atom. The van der Waals surface area contributed by atoms with Crippen LogP contribution in [0.3, 0.4) is 0 Å². The van der Waals surface area contributed by atoms with Crippen molar-refractivity contribution in [2.24, 2.45) is 7.05 Å². The molecule has 4 nitrogen and oxygen atoms in total. The second kappa shape index (κ2) is 4.44. The quantitative estimate of drug-likeness (QED) is 0.895. The zero-order valence-corrected chi connectivity index (χ0v) is 10.6. The number of hydrogen-bond donors (Lipinski definition) is 1. The van der Waals surface area contributed by atoms with Gasteiger partial charge in [-0.2, -0.15) is 0 Å². The SMILES string of the molecule is Cn1cc(NCC2(c3ccccc3)CCC2)nn1. The number of aryl methyl sites for hydroxylation is 1. The molecule has 94 valence electrons. The summed E-state index contributed by atoms with van der Waals surface area (Å²) in [5.74, 6) is 0.861. The van der Waals surface area contributed by atoms with Crippen LogP contribution in [0.2, 0.25) is 0 Å². The van der Waals surface area contributed by atoms with Crippen molar-refractivity contribution in [1.29, 1.82) is 0 Å². The van der Waals surface area contributed by atoms with E-state index in [0.717, 1.165) is 12.4 Å². The average molecular weight is 242 g/mol. The van der Waals surface area contributed by atoms with Gasteiger partial charge >= 0.3 is 0 Å². The zero-order valence-electron chi connectivity index (χ0n) is 10.6. The van der Waals surface area contributed by atoms with Gasteiger partial charge in [0.25, 0.3) is 0 Å². The maximum Gasteiger partial charge on any atom is 0.168 e. The van der Waals surface area contributed by atoms with Gasteiger partial charge < -0.3 is 5.32 Å². The highest BCUT2D eigenvalue weighted by molar-refractivity contribution is 5.35. The van der Waals surface area contributed by atoms with E-state index < -0.39 is 0 Å². The first-order valence-electron chi connectivity index (χ1n) is 6.44. The van der Waals surface area contributed by atoms with E-state index >= 15 is 0 Å². The lowest BCUT2D eigenvalue weighted by Gasteiger charge is -2.42. The predicted molar refractivity (Wildman–Crippen MR) is 71.5 cm³/mol. The standard InChI is InChI=1S/C14H18N4/c1-18-10-13(16-17-18)15-11-14(8-5-9-14)12-6-3-2-4-7-12/h2-4,6-7,10,15H,5,8-9,11H2,1H3. The number of nitrogens with zero attached hydrogens (tertiary/aromatic N) is 3. The van der Waals surface area contributed by atoms with Gasteiger partial charge in [-0.05, 0) is 18.4 Å². The molecule has 18 heavy (non-hydrogen) atoms. The van der Waals surface area contributed by atoms with Crippen molar-refractivity contribution in [3.05, 3.63) is 42.1 Å². The Morgan fingerprint density at radius 3 is 2.61 bits per heavy atom. The molecule has 0 aliphatic heterocycles. The summed E-state index contributed by atoms with van der Waals surface area (Å²) >= 11 is 0. The van der Waals surface area contributed by atoms with Crippen molar-refractivity contribution in [1.82, 2.24) is 15.0 Å². The Morgan fingerprint density at radius 1 is 1.28 bits per heavy atom. The van der Waals surface area contributed by atoms with Gasteiger partial charge in [-0.15, -0.1) is 5.10 Å². The number of aromatic nitrogens is 3. The maximum atomic E-state index is 4.07. The molecule has 0 radical (unpaired) electrons. The van der Waals surface area contributed by atoms with Crippen LogP contribution in [0, 0.1) is 0 Å². The van der Waals surface area contributed by atoms with Crippen molar-refractivity contribution in [3.63, 3.8) is 0 Å². The Bertz CT molecular complexity index is 514. The molecule has 1 fully saturated rings. The molecule has 1 aliphatic carbocycles. The summed E-state index contributed by atoms with van der Waals surface area (Å²) in [5, 5.41) is 11.4. The molecule has 0 spiro atoms. The zero-order chi connectivity index (χ0) is 12.4. The lowest BCUT2D eigenvalue weighted by atomic mass is 9.64. The molecular weight excluding hydrogens is 224 g/mol. The number of nitrogens with one attached hydrogen (secondary N) is 1. The Labute approximate surface area is 107 Å². The van der Waals surface area contributed by atoms with Crippen LogP contribution < -0.4 is 5.32 Å². The number of rotatable bonds is 4. The van der Waals surface area contributed by atoms with E-state index in [9.17, 15) is 0 Å². The molecule has 0 atom stereocenters. The maximum absolute atomic E-state index is 4.07. The Kier molecular flexibility index (Phi) is 2.78. The third-order valence-corrected chi connectivity index (χ3v) is 3.91. The largest absolute Gasteiger partial charge is 0.366 e. The van der Waals surface area contributed by atoms with Gasteiger partial charge in [0.2, 0.25) is 0 Å². The minimum Gasteiger partial charge on any atom is -0.366 e. The molecule has 1 heterocycles. The van der Waals surface area contributed by atoms with Crippen LogP contribution >= 0.6 is 0 Å². The second-order valence-corrected chi connectivity index (χ2v) is 5.13. The van der Waals surface area contributed by atoms with Gasteiger partial charge in [-0.25, -0.2) is 0 Å². The van der Waals surface area contributed by atoms with Crippen molar-refractivity contribution >= 4 is 5.82 Å². The molecular formula is C14H18N4. The number of anilines is 1. The molecule has 1 saturated carbocycles. The summed E-state index contributed by atoms with van der Waals surface area (Å²) in [4.78, 5) is 0. The summed E-state index contributed by atoms with van der Waals surface area (Å²) < 4.78 is 1.72. The highest BCUT2D eigenvalue weighted by atomic mass is 15.4. The smallest absolute Gasteiger partial charge is 0.168 e. The van der Waals surface area contributed by atoms with Gasteiger partial charge in [0.1, 0.15) is 0 Å². The molecule has 3 rings (SSSR count). The van der Waals surface area contributed by atoms with E-state index in [2.05, 4.69) is 46.0 Å². The monoisotopic (exact) mass is 242 g/mol. The fraction of sp³-hybridized carbons (Fsp3) is 0.429. The van der Waals surface area contributed by atoms with Crippen LogP contribution in [-0.4, -0.2) is 21.5 Å². The lowest BCUT2D eigenvalue weighted by molar-refractivity contribution is 0.260. The van der Waals surface area contributed by atoms with Crippen LogP contribution in [0.25, 0.3) is 0 Å². The highest BCUT2D eigenvalue weighted by Crippen LogP contribution is 2.43. The first-order chi connectivity index (χ1) is 8.78. The second-order valence-electron chi connectivity index (χ2n) is 5.13. The minimum atomic E-state index is 0.290. The normalized spacial score (nSPS) is 17.2. The van der Waals surface area contributed by atoms with Crippen LogP contribution in [0.4, 0.5) is 5.82 Å². The highest BCUT2D eigenvalue weighted by Gasteiger charge is 2.38. The third kappa shape index (κ3) is 1.98. The van der Waals surface area contributed by atoms with Gasteiger partial charge in [0.15, 0.2) is 5.82 Å². The first-order valence-corrected chi connectivity index (χ1v) is 6.44. The van der Waals surface area contributed by atoms with Crippen molar-refractivity contribution in [2.45, 2.75) is 24.7 Å². The summed E-state index contributed by atoms with van der Waals surface area (Å²) in [7, 11) is 1.88. The lowest BCUT2D eigenvalue weighted by Crippen LogP contribution is -2.40. The van der Waals surface area contributed by atoms with Gasteiger partial charge in [0.05, 0.1) is 6.20 Å². The van der Waals surface area contributed by atoms with E-state index in [1.165, 1.54) is 24.8 Å². The number of benzene rings is 1. The molecule has 2 aromatic rings. The molecule has 1 aromatic heterocycles. The van der Waals surface area contributed by atoms with Crippen molar-refractivity contribution < 1.29 is 0 Å². The average Bonchev–Trinajstić information content (AvgIpc) is 2.75. The summed E-state index contributed by atoms with van der Waals surface area (Å²) in [6.45, 7) is 0.940. The van der Waals surface area contributed by atoms with E-state index in [4.69, 9.17) is 0 Å². The molecule has 1 N–H and O–H groups in total. The fourth-order valence-electron chi connectivity index (χ4n) is 2.65. The van der Waals surface area contributed by atoms with Crippen LogP contribution in [0.5, 0.6) is 0 Å². The molecule has 0 unspecified atom stereocenters. The number of hydrogen-bond acceptors (Lipinski definition) is 3. The summed E-state index contributed by atoms with van der Waals surface area (Å²) in [5.41, 5.74) is 1.73. The summed E-state index contributed by atoms with van der Waals surface area (Å²) in [6.07, 6.45) is 5.74. The molecule has 1 aromatic carbocycles. The van der Waals surface area contributed by atoms with E-state index in [1.54, 1.807) is 4.68 Å². The third-order valence-electron chi connectivity index (χ3n) is 3.91. The van der Waals surface area contributed by atoms with E-state index in [0.29, 0.717) is 5.41 Å². The Hall–Kier alpha value is -1.84. The van der Waals surface area contributed by atoms with Gasteiger partial charge in [0, 0.05) is 19.0 Å². The van der Waals surface area contributed by atoms with Crippen LogP contribution in [0.15, 0.2) is 36.5 Å². The molecule has 1 aliphatic rings. The molecule has 0 saturated heterocycles. The van der Waals surface area contributed by atoms with Gasteiger partial charge in [-0.1, -0.05) is 42.0 Å². The Balaban J connectivity index is 1.73. The molecule has 0 amide bonds. The molecule has 0 bridgehead atoms. The fourth-order valence-corrected chi connectivity index (χ4v) is 2.65. The van der Waals surface area contributed by atoms with E-state index in [-0.39, 0.29) is 0 Å². The molecule has 4 heteroatoms. The minimum absolute atomic E-state index is 0.290. The predicted octanol–water partition coefficient (Wildman–Crippen LogP) is 2.35. The topological polar surface area (TPSA) is 42.7 Å². The van der Waals surface area contributed by atoms with Crippen molar-refractivity contribution in [2.75, 3.05) is 11.9 Å². The van der Waals surface area contributed by atoms with Crippen LogP contribution in [-0.2, 0) is 12.5 Å². The summed E-state index contributed by atoms with van der Waals surface area (Å²) in [6, 6.07) is 10.8. The van der Waals surface area contributed by atoms with Gasteiger partial charge in [-0.3, -0.25) is 4.68 Å². The van der Waals surface area contributed by atoms with Crippen molar-refractivity contribution in [3.8, 4) is 0 Å². The van der Waals surface area contributed by atoms with E-state index in [1.807, 2.05) is 13.2 Å². The first kappa shape index (κ1) is 11.3. The van der Waals surface area contributed by atoms with Crippen LogP contribution in [0.1, 0.15) is 24.8 Å².